The Labute approximate surface area is 60.2 Å². The molecule has 0 aromatic rings. The molecule has 2 heteroatoms. The van der Waals surface area contributed by atoms with Crippen LogP contribution in [0.25, 0.3) is 0 Å². The van der Waals surface area contributed by atoms with Gasteiger partial charge in [-0.05, 0) is 25.2 Å². The van der Waals surface area contributed by atoms with Crippen LogP contribution in [0.2, 0.25) is 0 Å². The van der Waals surface area contributed by atoms with Gasteiger partial charge in [0.2, 0.25) is 0 Å². The standard InChI is InChI=1S/C8H12O2/c9-7-2-1-5-3-6(7)8(10)4-5/h5-7,9H,1-4H2/t5-,6-,7+/m0/s1. The van der Waals surface area contributed by atoms with Gasteiger partial charge < -0.3 is 5.11 Å². The van der Waals surface area contributed by atoms with Gasteiger partial charge in [-0.15, -0.1) is 0 Å². The van der Waals surface area contributed by atoms with Crippen LogP contribution in [-0.2, 0) is 4.79 Å². The second kappa shape index (κ2) is 2.06. The van der Waals surface area contributed by atoms with Gasteiger partial charge in [-0.2, -0.15) is 0 Å². The van der Waals surface area contributed by atoms with Crippen molar-refractivity contribution in [1.29, 1.82) is 0 Å². The largest absolute Gasteiger partial charge is 0.392 e. The van der Waals surface area contributed by atoms with Crippen LogP contribution in [0.3, 0.4) is 0 Å². The van der Waals surface area contributed by atoms with Crippen LogP contribution in [0, 0.1) is 11.8 Å². The molecule has 0 radical (unpaired) electrons. The van der Waals surface area contributed by atoms with Gasteiger partial charge in [-0.25, -0.2) is 0 Å². The molecule has 2 aliphatic rings. The fourth-order valence-corrected chi connectivity index (χ4v) is 2.21. The van der Waals surface area contributed by atoms with Gasteiger partial charge in [0.15, 0.2) is 0 Å². The number of fused-ring (bicyclic) bond motifs is 2. The van der Waals surface area contributed by atoms with E-state index in [2.05, 4.69) is 0 Å². The van der Waals surface area contributed by atoms with Crippen LogP contribution in [0.4, 0.5) is 0 Å². The summed E-state index contributed by atoms with van der Waals surface area (Å²) in [5, 5.41) is 9.35. The van der Waals surface area contributed by atoms with E-state index in [-0.39, 0.29) is 12.0 Å². The van der Waals surface area contributed by atoms with E-state index in [1.165, 1.54) is 0 Å². The average molecular weight is 140 g/mol. The molecule has 2 fully saturated rings. The molecule has 0 amide bonds. The van der Waals surface area contributed by atoms with E-state index in [0.717, 1.165) is 25.7 Å². The maximum Gasteiger partial charge on any atom is 0.138 e. The fourth-order valence-electron chi connectivity index (χ4n) is 2.21. The molecule has 0 saturated heterocycles. The van der Waals surface area contributed by atoms with E-state index >= 15 is 0 Å². The van der Waals surface area contributed by atoms with E-state index < -0.39 is 0 Å². The van der Waals surface area contributed by atoms with Crippen LogP contribution >= 0.6 is 0 Å². The molecule has 1 N–H and O–H groups in total. The number of aliphatic hydroxyl groups is 1. The minimum Gasteiger partial charge on any atom is -0.392 e. The molecule has 2 nitrogen and oxygen atoms in total. The van der Waals surface area contributed by atoms with Gasteiger partial charge in [-0.1, -0.05) is 0 Å². The molecular weight excluding hydrogens is 128 g/mol. The van der Waals surface area contributed by atoms with Gasteiger partial charge in [-0.3, -0.25) is 4.79 Å². The maximum atomic E-state index is 11.1. The summed E-state index contributed by atoms with van der Waals surface area (Å²) < 4.78 is 0. The third-order valence-electron chi connectivity index (χ3n) is 2.83. The van der Waals surface area contributed by atoms with E-state index in [0.29, 0.717) is 11.7 Å². The van der Waals surface area contributed by atoms with Crippen molar-refractivity contribution in [3.05, 3.63) is 0 Å². The first kappa shape index (κ1) is 6.35. The quantitative estimate of drug-likeness (QED) is 0.538. The Hall–Kier alpha value is -0.370. The summed E-state index contributed by atoms with van der Waals surface area (Å²) in [6.07, 6.45) is 3.29. The fraction of sp³-hybridized carbons (Fsp3) is 0.875. The average Bonchev–Trinajstić information content (AvgIpc) is 2.21. The zero-order valence-electron chi connectivity index (χ0n) is 5.92. The lowest BCUT2D eigenvalue weighted by Crippen LogP contribution is -2.26. The first-order chi connectivity index (χ1) is 4.77. The molecule has 2 saturated carbocycles. The van der Waals surface area contributed by atoms with Crippen LogP contribution in [0.5, 0.6) is 0 Å². The summed E-state index contributed by atoms with van der Waals surface area (Å²) in [6, 6.07) is 0. The normalized spacial score (nSPS) is 46.1. The number of aliphatic hydroxyl groups excluding tert-OH is 1. The highest BCUT2D eigenvalue weighted by molar-refractivity contribution is 5.84. The molecule has 2 rings (SSSR count). The zero-order chi connectivity index (χ0) is 7.14. The van der Waals surface area contributed by atoms with E-state index in [1.54, 1.807) is 0 Å². The summed E-state index contributed by atoms with van der Waals surface area (Å²) in [7, 11) is 0. The van der Waals surface area contributed by atoms with E-state index in [9.17, 15) is 9.90 Å². The third kappa shape index (κ3) is 0.788. The highest BCUT2D eigenvalue weighted by Gasteiger charge is 2.40. The van der Waals surface area contributed by atoms with Crippen LogP contribution < -0.4 is 0 Å². The lowest BCUT2D eigenvalue weighted by Gasteiger charge is -2.22. The summed E-state index contributed by atoms with van der Waals surface area (Å²) in [5.74, 6) is 0.926. The van der Waals surface area contributed by atoms with Crippen molar-refractivity contribution in [3.8, 4) is 0 Å². The number of carbonyl (C=O) groups excluding carboxylic acids is 1. The minimum absolute atomic E-state index is 0.0127. The summed E-state index contributed by atoms with van der Waals surface area (Å²) in [6.45, 7) is 0. The monoisotopic (exact) mass is 140 g/mol. The molecular formula is C8H12O2. The highest BCUT2D eigenvalue weighted by atomic mass is 16.3. The van der Waals surface area contributed by atoms with Gasteiger partial charge in [0.1, 0.15) is 5.78 Å². The Morgan fingerprint density at radius 2 is 2.20 bits per heavy atom. The summed E-state index contributed by atoms with van der Waals surface area (Å²) in [4.78, 5) is 11.1. The molecule has 2 bridgehead atoms. The number of rotatable bonds is 0. The van der Waals surface area contributed by atoms with E-state index in [4.69, 9.17) is 0 Å². The number of Topliss-reactive ketones (excluding diaryl/α,β-unsaturated/α-hetero) is 1. The third-order valence-corrected chi connectivity index (χ3v) is 2.83. The Balaban J connectivity index is 2.17. The predicted octanol–water partition coefficient (Wildman–Crippen LogP) is 0.736. The number of hydrogen-bond donors (Lipinski definition) is 1. The van der Waals surface area contributed by atoms with Crippen molar-refractivity contribution in [2.24, 2.45) is 11.8 Å². The molecule has 0 aliphatic heterocycles. The van der Waals surface area contributed by atoms with Gasteiger partial charge in [0.05, 0.1) is 6.10 Å². The molecule has 2 aliphatic carbocycles. The second-order valence-corrected chi connectivity index (χ2v) is 3.52. The molecule has 10 heavy (non-hydrogen) atoms. The Bertz CT molecular complexity index is 165. The van der Waals surface area contributed by atoms with Crippen LogP contribution in [0.15, 0.2) is 0 Å². The van der Waals surface area contributed by atoms with Crippen molar-refractivity contribution in [1.82, 2.24) is 0 Å². The summed E-state index contributed by atoms with van der Waals surface area (Å²) >= 11 is 0. The minimum atomic E-state index is -0.314. The molecule has 0 aromatic carbocycles. The molecule has 3 atom stereocenters. The number of carbonyl (C=O) groups is 1. The predicted molar refractivity (Wildman–Crippen MR) is 36.5 cm³/mol. The van der Waals surface area contributed by atoms with Crippen LogP contribution in [0.1, 0.15) is 25.7 Å². The molecule has 0 aromatic heterocycles. The van der Waals surface area contributed by atoms with Crippen molar-refractivity contribution in [2.45, 2.75) is 31.8 Å². The summed E-state index contributed by atoms with van der Waals surface area (Å²) in [5.41, 5.74) is 0. The van der Waals surface area contributed by atoms with Crippen molar-refractivity contribution >= 4 is 5.78 Å². The Morgan fingerprint density at radius 1 is 1.40 bits per heavy atom. The lowest BCUT2D eigenvalue weighted by molar-refractivity contribution is -0.123. The lowest BCUT2D eigenvalue weighted by atomic mass is 9.87. The Morgan fingerprint density at radius 3 is 2.90 bits per heavy atom. The molecule has 56 valence electrons. The first-order valence-corrected chi connectivity index (χ1v) is 3.98. The molecule has 0 unspecified atom stereocenters. The first-order valence-electron chi connectivity index (χ1n) is 3.98. The topological polar surface area (TPSA) is 37.3 Å². The van der Waals surface area contributed by atoms with Gasteiger partial charge in [0, 0.05) is 12.3 Å². The van der Waals surface area contributed by atoms with Gasteiger partial charge >= 0.3 is 0 Å². The van der Waals surface area contributed by atoms with Crippen molar-refractivity contribution < 1.29 is 9.90 Å². The van der Waals surface area contributed by atoms with Gasteiger partial charge in [0.25, 0.3) is 0 Å². The van der Waals surface area contributed by atoms with Crippen molar-refractivity contribution in [2.75, 3.05) is 0 Å². The maximum absolute atomic E-state index is 11.1. The van der Waals surface area contributed by atoms with Crippen LogP contribution in [-0.4, -0.2) is 17.0 Å². The highest BCUT2D eigenvalue weighted by Crippen LogP contribution is 2.39. The molecule has 0 heterocycles. The zero-order valence-corrected chi connectivity index (χ0v) is 5.92. The number of hydrogen-bond acceptors (Lipinski definition) is 2. The Kier molecular flexibility index (Phi) is 1.31. The smallest absolute Gasteiger partial charge is 0.138 e. The SMILES string of the molecule is O=C1C[C@H]2CC[C@@H](O)[C@@H]1C2. The number of ketones is 1. The van der Waals surface area contributed by atoms with E-state index in [1.807, 2.05) is 0 Å². The second-order valence-electron chi connectivity index (χ2n) is 3.52. The van der Waals surface area contributed by atoms with Crippen molar-refractivity contribution in [3.63, 3.8) is 0 Å². The molecule has 0 spiro atoms.